The molecule has 4 aromatic rings. The Labute approximate surface area is 228 Å². The molecule has 5 rings (SSSR count). The molecule has 38 heavy (non-hydrogen) atoms. The summed E-state index contributed by atoms with van der Waals surface area (Å²) in [5, 5.41) is 6.35. The molecule has 0 aliphatic heterocycles. The molecule has 1 saturated carbocycles. The smallest absolute Gasteiger partial charge is 0.0820 e. The second-order valence-corrected chi connectivity index (χ2v) is 11.3. The summed E-state index contributed by atoms with van der Waals surface area (Å²) in [5.74, 6) is 0.824. The van der Waals surface area contributed by atoms with Gasteiger partial charge in [0.05, 0.1) is 23.3 Å². The van der Waals surface area contributed by atoms with Gasteiger partial charge in [-0.2, -0.15) is 0 Å². The summed E-state index contributed by atoms with van der Waals surface area (Å²) in [6.07, 6.45) is 8.56. The van der Waals surface area contributed by atoms with E-state index in [1.807, 2.05) is 6.21 Å². The molecular weight excluding hydrogens is 462 g/mol. The lowest BCUT2D eigenvalue weighted by Crippen LogP contribution is -2.30. The Bertz CT molecular complexity index is 1380. The van der Waals surface area contributed by atoms with E-state index >= 15 is 0 Å². The zero-order valence-corrected chi connectivity index (χ0v) is 23.4. The summed E-state index contributed by atoms with van der Waals surface area (Å²) in [4.78, 5) is 10.2. The van der Waals surface area contributed by atoms with Gasteiger partial charge in [0.1, 0.15) is 0 Å². The van der Waals surface area contributed by atoms with E-state index in [9.17, 15) is 0 Å². The molecule has 3 aromatic carbocycles. The summed E-state index contributed by atoms with van der Waals surface area (Å²) < 4.78 is 0. The van der Waals surface area contributed by atoms with Crippen LogP contribution in [-0.2, 0) is 6.54 Å². The SMILES string of the molecule is CC(C)c1cccc(C(C)C)c1/N=C/c1cccc(-c2c(CNC3CCCCC3)ccc3ccccc23)n1. The number of benzene rings is 3. The molecule has 1 N–H and O–H groups in total. The van der Waals surface area contributed by atoms with Crippen molar-refractivity contribution in [3.8, 4) is 11.3 Å². The van der Waals surface area contributed by atoms with E-state index in [4.69, 9.17) is 9.98 Å². The van der Waals surface area contributed by atoms with E-state index in [-0.39, 0.29) is 0 Å². The number of rotatable bonds is 8. The van der Waals surface area contributed by atoms with E-state index in [1.54, 1.807) is 0 Å². The molecule has 0 radical (unpaired) electrons. The number of nitrogens with zero attached hydrogens (tertiary/aromatic N) is 2. The first-order valence-corrected chi connectivity index (χ1v) is 14.4. The average Bonchev–Trinajstić information content (AvgIpc) is 2.95. The number of hydrogen-bond donors (Lipinski definition) is 1. The van der Waals surface area contributed by atoms with Gasteiger partial charge in [-0.1, -0.05) is 108 Å². The van der Waals surface area contributed by atoms with Crippen LogP contribution < -0.4 is 5.32 Å². The quantitative estimate of drug-likeness (QED) is 0.243. The highest BCUT2D eigenvalue weighted by Crippen LogP contribution is 2.35. The molecule has 0 atom stereocenters. The van der Waals surface area contributed by atoms with Crippen molar-refractivity contribution >= 4 is 22.7 Å². The highest BCUT2D eigenvalue weighted by molar-refractivity contribution is 5.98. The highest BCUT2D eigenvalue weighted by Gasteiger charge is 2.16. The van der Waals surface area contributed by atoms with Crippen molar-refractivity contribution in [1.29, 1.82) is 0 Å². The summed E-state index contributed by atoms with van der Waals surface area (Å²) >= 11 is 0. The molecular formula is C35H41N3. The number of nitrogens with one attached hydrogen (secondary N) is 1. The van der Waals surface area contributed by atoms with Crippen LogP contribution in [0.3, 0.4) is 0 Å². The largest absolute Gasteiger partial charge is 0.310 e. The number of aliphatic imine (C=N–C) groups is 1. The average molecular weight is 504 g/mol. The van der Waals surface area contributed by atoms with Gasteiger partial charge in [-0.05, 0) is 64.3 Å². The lowest BCUT2D eigenvalue weighted by Gasteiger charge is -2.24. The predicted octanol–water partition coefficient (Wildman–Crippen LogP) is 9.32. The maximum absolute atomic E-state index is 5.14. The first-order valence-electron chi connectivity index (χ1n) is 14.4. The van der Waals surface area contributed by atoms with Crippen molar-refractivity contribution in [2.24, 2.45) is 4.99 Å². The van der Waals surface area contributed by atoms with E-state index < -0.39 is 0 Å². The Morgan fingerprint density at radius 3 is 2.26 bits per heavy atom. The van der Waals surface area contributed by atoms with Crippen LogP contribution in [0.15, 0.2) is 77.8 Å². The molecule has 0 unspecified atom stereocenters. The van der Waals surface area contributed by atoms with Crippen LogP contribution in [0.25, 0.3) is 22.0 Å². The summed E-state index contributed by atoms with van der Waals surface area (Å²) in [7, 11) is 0. The predicted molar refractivity (Wildman–Crippen MR) is 163 cm³/mol. The number of aromatic nitrogens is 1. The van der Waals surface area contributed by atoms with Gasteiger partial charge in [-0.25, -0.2) is 4.98 Å². The Kier molecular flexibility index (Phi) is 8.34. The Morgan fingerprint density at radius 2 is 1.53 bits per heavy atom. The minimum absolute atomic E-state index is 0.412. The van der Waals surface area contributed by atoms with Gasteiger partial charge in [-0.15, -0.1) is 0 Å². The third kappa shape index (κ3) is 5.89. The zero-order valence-electron chi connectivity index (χ0n) is 23.4. The fourth-order valence-electron chi connectivity index (χ4n) is 5.78. The lowest BCUT2D eigenvalue weighted by atomic mass is 9.93. The first-order chi connectivity index (χ1) is 18.5. The van der Waals surface area contributed by atoms with E-state index in [1.165, 1.54) is 65.1 Å². The van der Waals surface area contributed by atoms with Gasteiger partial charge < -0.3 is 5.32 Å². The maximum Gasteiger partial charge on any atom is 0.0820 e. The number of para-hydroxylation sites is 1. The summed E-state index contributed by atoms with van der Waals surface area (Å²) in [6.45, 7) is 9.81. The van der Waals surface area contributed by atoms with E-state index in [0.29, 0.717) is 17.9 Å². The molecule has 1 aliphatic carbocycles. The fraction of sp³-hybridized carbons (Fsp3) is 0.371. The van der Waals surface area contributed by atoms with Gasteiger partial charge in [0.2, 0.25) is 0 Å². The maximum atomic E-state index is 5.14. The lowest BCUT2D eigenvalue weighted by molar-refractivity contribution is 0.372. The third-order valence-corrected chi connectivity index (χ3v) is 7.90. The molecule has 3 nitrogen and oxygen atoms in total. The van der Waals surface area contributed by atoms with Crippen molar-refractivity contribution in [3.63, 3.8) is 0 Å². The second-order valence-electron chi connectivity index (χ2n) is 11.3. The molecule has 0 amide bonds. The Hall–Kier alpha value is -3.30. The molecule has 196 valence electrons. The minimum atomic E-state index is 0.412. The molecule has 0 bridgehead atoms. The van der Waals surface area contributed by atoms with E-state index in [2.05, 4.69) is 106 Å². The van der Waals surface area contributed by atoms with Crippen molar-refractivity contribution in [1.82, 2.24) is 10.3 Å². The molecule has 0 spiro atoms. The zero-order chi connectivity index (χ0) is 26.5. The number of fused-ring (bicyclic) bond motifs is 1. The van der Waals surface area contributed by atoms with Crippen LogP contribution >= 0.6 is 0 Å². The topological polar surface area (TPSA) is 37.3 Å². The van der Waals surface area contributed by atoms with Crippen molar-refractivity contribution in [2.75, 3.05) is 0 Å². The molecule has 0 saturated heterocycles. The Morgan fingerprint density at radius 1 is 0.816 bits per heavy atom. The normalized spacial score (nSPS) is 14.8. The van der Waals surface area contributed by atoms with Crippen LogP contribution in [0.5, 0.6) is 0 Å². The van der Waals surface area contributed by atoms with Crippen LogP contribution in [0.4, 0.5) is 5.69 Å². The van der Waals surface area contributed by atoms with E-state index in [0.717, 1.165) is 23.6 Å². The minimum Gasteiger partial charge on any atom is -0.310 e. The molecule has 1 aliphatic rings. The summed E-state index contributed by atoms with van der Waals surface area (Å²) in [5.41, 5.74) is 8.09. The van der Waals surface area contributed by atoms with Crippen LogP contribution in [-0.4, -0.2) is 17.2 Å². The van der Waals surface area contributed by atoms with Crippen LogP contribution in [0, 0.1) is 0 Å². The standard InChI is InChI=1S/C35H41N3/c1-24(2)30-17-11-18-31(25(3)4)35(30)37-23-29-15-10-19-33(38-29)34-27(22-36-28-13-6-5-7-14-28)21-20-26-12-8-9-16-32(26)34/h8-12,15-21,23-25,28,36H,5-7,13-14,22H2,1-4H3/b37-23+. The van der Waals surface area contributed by atoms with Crippen molar-refractivity contribution < 1.29 is 0 Å². The highest BCUT2D eigenvalue weighted by atomic mass is 14.9. The van der Waals surface area contributed by atoms with Gasteiger partial charge in [0, 0.05) is 18.2 Å². The molecule has 3 heteroatoms. The van der Waals surface area contributed by atoms with Crippen LogP contribution in [0.1, 0.15) is 94.0 Å². The molecule has 1 heterocycles. The first kappa shape index (κ1) is 26.3. The molecule has 1 aromatic heterocycles. The van der Waals surface area contributed by atoms with Gasteiger partial charge >= 0.3 is 0 Å². The number of pyridine rings is 1. The third-order valence-electron chi connectivity index (χ3n) is 7.90. The molecule has 1 fully saturated rings. The summed E-state index contributed by atoms with van der Waals surface area (Å²) in [6, 6.07) is 26.7. The number of hydrogen-bond acceptors (Lipinski definition) is 3. The monoisotopic (exact) mass is 503 g/mol. The van der Waals surface area contributed by atoms with Crippen LogP contribution in [0.2, 0.25) is 0 Å². The van der Waals surface area contributed by atoms with Gasteiger partial charge in [-0.3, -0.25) is 4.99 Å². The van der Waals surface area contributed by atoms with Gasteiger partial charge in [0.25, 0.3) is 0 Å². The fourth-order valence-corrected chi connectivity index (χ4v) is 5.78. The Balaban J connectivity index is 1.52. The second kappa shape index (κ2) is 12.0. The van der Waals surface area contributed by atoms with Gasteiger partial charge in [0.15, 0.2) is 0 Å². The van der Waals surface area contributed by atoms with Crippen molar-refractivity contribution in [3.05, 3.63) is 95.2 Å². The van der Waals surface area contributed by atoms with Crippen molar-refractivity contribution in [2.45, 2.75) is 84.2 Å².